The molecule has 0 unspecified atom stereocenters. The van der Waals surface area contributed by atoms with Gasteiger partial charge in [-0.2, -0.15) is 4.98 Å². The zero-order valence-electron chi connectivity index (χ0n) is 15.6. The van der Waals surface area contributed by atoms with E-state index in [0.29, 0.717) is 24.8 Å². The maximum atomic E-state index is 12.4. The minimum Gasteiger partial charge on any atom is -0.497 e. The molecule has 0 radical (unpaired) electrons. The summed E-state index contributed by atoms with van der Waals surface area (Å²) in [6, 6.07) is 11.5. The van der Waals surface area contributed by atoms with E-state index in [4.69, 9.17) is 9.26 Å². The smallest absolute Gasteiger partial charge is 0.258 e. The van der Waals surface area contributed by atoms with Crippen LogP contribution in [0, 0.1) is 0 Å². The summed E-state index contributed by atoms with van der Waals surface area (Å²) in [4.78, 5) is 19.9. The summed E-state index contributed by atoms with van der Waals surface area (Å²) in [5, 5.41) is 6.17. The molecule has 0 bridgehead atoms. The zero-order valence-corrected chi connectivity index (χ0v) is 16.4. The van der Waals surface area contributed by atoms with Gasteiger partial charge in [0.25, 0.3) is 5.89 Å². The third-order valence-electron chi connectivity index (χ3n) is 4.86. The number of piperidine rings is 1. The number of thiophene rings is 1. The Morgan fingerprint density at radius 1 is 1.29 bits per heavy atom. The molecule has 0 atom stereocenters. The first-order valence-corrected chi connectivity index (χ1v) is 10.1. The van der Waals surface area contributed by atoms with E-state index < -0.39 is 0 Å². The average molecular weight is 395 g/mol. The zero-order chi connectivity index (χ0) is 19.3. The molecule has 144 valence electrons. The number of carbonyl (C=O) groups excluding carboxylic acids is 1. The fourth-order valence-electron chi connectivity index (χ4n) is 3.28. The molecule has 1 aliphatic rings. The minimum absolute atomic E-state index is 0.0528. The molecule has 0 spiro atoms. The summed E-state index contributed by atoms with van der Waals surface area (Å²) in [6.45, 7) is 1.39. The molecule has 0 saturated carbocycles. The van der Waals surface area contributed by atoms with Crippen LogP contribution in [0.3, 0.4) is 0 Å². The van der Waals surface area contributed by atoms with Crippen LogP contribution in [0.25, 0.3) is 17.5 Å². The van der Waals surface area contributed by atoms with Gasteiger partial charge in [-0.25, -0.2) is 0 Å². The van der Waals surface area contributed by atoms with Gasteiger partial charge in [-0.15, -0.1) is 11.3 Å². The van der Waals surface area contributed by atoms with Crippen LogP contribution < -0.4 is 4.74 Å². The first-order chi connectivity index (χ1) is 13.7. The van der Waals surface area contributed by atoms with E-state index in [1.54, 1.807) is 24.5 Å². The number of ether oxygens (including phenoxy) is 1. The number of hydrogen-bond donors (Lipinski definition) is 0. The van der Waals surface area contributed by atoms with Crippen LogP contribution in [0.4, 0.5) is 0 Å². The lowest BCUT2D eigenvalue weighted by atomic mass is 9.96. The predicted octanol–water partition coefficient (Wildman–Crippen LogP) is 4.23. The Labute approximate surface area is 167 Å². The van der Waals surface area contributed by atoms with Crippen LogP contribution in [0.1, 0.15) is 29.5 Å². The van der Waals surface area contributed by atoms with Crippen LogP contribution in [-0.2, 0) is 4.79 Å². The molecular formula is C21H21N3O3S. The fraction of sp³-hybridized carbons (Fsp3) is 0.286. The van der Waals surface area contributed by atoms with E-state index in [9.17, 15) is 4.79 Å². The molecule has 2 aromatic heterocycles. The van der Waals surface area contributed by atoms with Gasteiger partial charge in [0.15, 0.2) is 5.82 Å². The molecule has 7 heteroatoms. The summed E-state index contributed by atoms with van der Waals surface area (Å²) in [5.74, 6) is 2.20. The molecule has 0 N–H and O–H groups in total. The Balaban J connectivity index is 1.36. The number of rotatable bonds is 5. The molecule has 3 aromatic rings. The number of methoxy groups -OCH3 is 1. The fourth-order valence-corrected chi connectivity index (χ4v) is 3.90. The summed E-state index contributed by atoms with van der Waals surface area (Å²) in [5.41, 5.74) is 0.837. The molecule has 1 fully saturated rings. The molecule has 6 nitrogen and oxygen atoms in total. The largest absolute Gasteiger partial charge is 0.497 e. The minimum atomic E-state index is 0.0528. The summed E-state index contributed by atoms with van der Waals surface area (Å²) in [7, 11) is 1.63. The van der Waals surface area contributed by atoms with Crippen LogP contribution in [0.15, 0.2) is 52.4 Å². The maximum absolute atomic E-state index is 12.4. The predicted molar refractivity (Wildman–Crippen MR) is 108 cm³/mol. The number of carbonyl (C=O) groups is 1. The van der Waals surface area contributed by atoms with Gasteiger partial charge in [0.1, 0.15) is 5.75 Å². The maximum Gasteiger partial charge on any atom is 0.258 e. The lowest BCUT2D eigenvalue weighted by molar-refractivity contribution is -0.127. The SMILES string of the molecule is COc1cccc(-c2nc(C3CCN(C(=O)/C=C/c4cccs4)CC3)no2)c1. The van der Waals surface area contributed by atoms with E-state index in [-0.39, 0.29) is 11.8 Å². The number of aromatic nitrogens is 2. The molecular weight excluding hydrogens is 374 g/mol. The van der Waals surface area contributed by atoms with Crippen molar-refractivity contribution in [2.75, 3.05) is 20.2 Å². The van der Waals surface area contributed by atoms with Crippen LogP contribution in [0.2, 0.25) is 0 Å². The number of amides is 1. The number of likely N-dealkylation sites (tertiary alicyclic amines) is 1. The van der Waals surface area contributed by atoms with Gasteiger partial charge in [-0.3, -0.25) is 4.79 Å². The Morgan fingerprint density at radius 3 is 2.89 bits per heavy atom. The Morgan fingerprint density at radius 2 is 2.14 bits per heavy atom. The Hall–Kier alpha value is -2.93. The molecule has 1 saturated heterocycles. The first-order valence-electron chi connectivity index (χ1n) is 9.21. The standard InChI is InChI=1S/C21H21N3O3S/c1-26-17-5-2-4-16(14-17)21-22-20(23-27-21)15-9-11-24(12-10-15)19(25)8-7-18-6-3-13-28-18/h2-8,13-15H,9-12H2,1H3/b8-7+. The van der Waals surface area contributed by atoms with Gasteiger partial charge in [0, 0.05) is 35.5 Å². The second-order valence-corrected chi connectivity index (χ2v) is 7.62. The second kappa shape index (κ2) is 8.39. The van der Waals surface area contributed by atoms with Crippen molar-refractivity contribution in [1.82, 2.24) is 15.0 Å². The van der Waals surface area contributed by atoms with Crippen molar-refractivity contribution in [2.24, 2.45) is 0 Å². The molecule has 1 aliphatic heterocycles. The monoisotopic (exact) mass is 395 g/mol. The molecule has 1 aromatic carbocycles. The van der Waals surface area contributed by atoms with Crippen molar-refractivity contribution in [1.29, 1.82) is 0 Å². The molecule has 4 rings (SSSR count). The average Bonchev–Trinajstić information content (AvgIpc) is 3.44. The quantitative estimate of drug-likeness (QED) is 0.605. The van der Waals surface area contributed by atoms with E-state index in [0.717, 1.165) is 29.0 Å². The summed E-state index contributed by atoms with van der Waals surface area (Å²) >= 11 is 1.62. The molecule has 28 heavy (non-hydrogen) atoms. The molecule has 3 heterocycles. The lowest BCUT2D eigenvalue weighted by Gasteiger charge is -2.29. The third-order valence-corrected chi connectivity index (χ3v) is 5.70. The van der Waals surface area contributed by atoms with E-state index >= 15 is 0 Å². The molecule has 0 aliphatic carbocycles. The highest BCUT2D eigenvalue weighted by Gasteiger charge is 2.26. The van der Waals surface area contributed by atoms with Crippen LogP contribution in [0.5, 0.6) is 5.75 Å². The van der Waals surface area contributed by atoms with E-state index in [1.165, 1.54) is 0 Å². The van der Waals surface area contributed by atoms with Crippen molar-refractivity contribution in [3.05, 3.63) is 58.6 Å². The summed E-state index contributed by atoms with van der Waals surface area (Å²) in [6.07, 6.45) is 5.19. The van der Waals surface area contributed by atoms with Gasteiger partial charge < -0.3 is 14.2 Å². The van der Waals surface area contributed by atoms with Crippen LogP contribution >= 0.6 is 11.3 Å². The molecule has 1 amide bonds. The lowest BCUT2D eigenvalue weighted by Crippen LogP contribution is -2.37. The van der Waals surface area contributed by atoms with Crippen molar-refractivity contribution in [3.63, 3.8) is 0 Å². The normalized spacial score (nSPS) is 15.2. The van der Waals surface area contributed by atoms with E-state index in [2.05, 4.69) is 10.1 Å². The van der Waals surface area contributed by atoms with Crippen molar-refractivity contribution < 1.29 is 14.1 Å². The first kappa shape index (κ1) is 18.4. The highest BCUT2D eigenvalue weighted by molar-refractivity contribution is 7.10. The summed E-state index contributed by atoms with van der Waals surface area (Å²) < 4.78 is 10.7. The van der Waals surface area contributed by atoms with Gasteiger partial charge in [-0.05, 0) is 48.6 Å². The number of benzene rings is 1. The van der Waals surface area contributed by atoms with Crippen molar-refractivity contribution in [2.45, 2.75) is 18.8 Å². The van der Waals surface area contributed by atoms with Crippen molar-refractivity contribution >= 4 is 23.3 Å². The second-order valence-electron chi connectivity index (χ2n) is 6.64. The van der Waals surface area contributed by atoms with Gasteiger partial charge >= 0.3 is 0 Å². The van der Waals surface area contributed by atoms with Gasteiger partial charge in [0.05, 0.1) is 7.11 Å². The number of hydrogen-bond acceptors (Lipinski definition) is 6. The highest BCUT2D eigenvalue weighted by atomic mass is 32.1. The third kappa shape index (κ3) is 4.14. The Kier molecular flexibility index (Phi) is 5.53. The Bertz CT molecular complexity index is 957. The van der Waals surface area contributed by atoms with Crippen molar-refractivity contribution in [3.8, 4) is 17.2 Å². The number of nitrogens with zero attached hydrogens (tertiary/aromatic N) is 3. The van der Waals surface area contributed by atoms with E-state index in [1.807, 2.05) is 52.8 Å². The van der Waals surface area contributed by atoms with Crippen LogP contribution in [-0.4, -0.2) is 41.1 Å². The topological polar surface area (TPSA) is 68.5 Å². The van der Waals surface area contributed by atoms with Gasteiger partial charge in [-0.1, -0.05) is 17.3 Å². The van der Waals surface area contributed by atoms with Gasteiger partial charge in [0.2, 0.25) is 5.91 Å². The highest BCUT2D eigenvalue weighted by Crippen LogP contribution is 2.29.